The number of aliphatic hydroxyl groups is 1. The molecule has 1 fully saturated rings. The van der Waals surface area contributed by atoms with E-state index < -0.39 is 17.4 Å². The Hall–Kier alpha value is -1.96. The molecule has 2 rings (SSSR count). The second-order valence-electron chi connectivity index (χ2n) is 6.03. The minimum Gasteiger partial charge on any atom is -0.384 e. The Balaban J connectivity index is 1.70. The Kier molecular flexibility index (Phi) is 6.72. The third-order valence-electron chi connectivity index (χ3n) is 4.01. The topological polar surface area (TPSA) is 90.9 Å². The highest BCUT2D eigenvalue weighted by Gasteiger charge is 2.25. The average molecular weight is 335 g/mol. The fraction of sp³-hybridized carbons (Fsp3) is 0.529. The molecule has 132 valence electrons. The molecular weight excluding hydrogens is 310 g/mol. The van der Waals surface area contributed by atoms with Crippen molar-refractivity contribution in [2.75, 3.05) is 45.9 Å². The number of hydrogen-bond acceptors (Lipinski definition) is 5. The SMILES string of the molecule is CC(O)(CNC(=O)C(=O)NCCN1CCOCC1)c1ccccc1. The molecule has 0 bridgehead atoms. The summed E-state index contributed by atoms with van der Waals surface area (Å²) in [6.45, 7) is 5.72. The van der Waals surface area contributed by atoms with Gasteiger partial charge >= 0.3 is 11.8 Å². The Morgan fingerprint density at radius 3 is 2.46 bits per heavy atom. The molecule has 0 radical (unpaired) electrons. The lowest BCUT2D eigenvalue weighted by atomic mass is 9.96. The number of carbonyl (C=O) groups excluding carboxylic acids is 2. The molecule has 24 heavy (non-hydrogen) atoms. The predicted molar refractivity (Wildman–Crippen MR) is 89.3 cm³/mol. The minimum atomic E-state index is -1.23. The van der Waals surface area contributed by atoms with Crippen LogP contribution in [0.25, 0.3) is 0 Å². The van der Waals surface area contributed by atoms with Gasteiger partial charge in [-0.15, -0.1) is 0 Å². The van der Waals surface area contributed by atoms with Gasteiger partial charge in [0.1, 0.15) is 5.60 Å². The summed E-state index contributed by atoms with van der Waals surface area (Å²) in [6, 6.07) is 9.01. The van der Waals surface area contributed by atoms with E-state index in [4.69, 9.17) is 4.74 Å². The summed E-state index contributed by atoms with van der Waals surface area (Å²) in [5.74, 6) is -1.43. The molecule has 7 nitrogen and oxygen atoms in total. The summed E-state index contributed by atoms with van der Waals surface area (Å²) < 4.78 is 5.25. The van der Waals surface area contributed by atoms with Gasteiger partial charge in [0.05, 0.1) is 19.8 Å². The van der Waals surface area contributed by atoms with Gasteiger partial charge in [0.15, 0.2) is 0 Å². The number of nitrogens with zero attached hydrogens (tertiary/aromatic N) is 1. The van der Waals surface area contributed by atoms with Crippen molar-refractivity contribution in [3.63, 3.8) is 0 Å². The van der Waals surface area contributed by atoms with Gasteiger partial charge in [0.25, 0.3) is 0 Å². The minimum absolute atomic E-state index is 0.0350. The van der Waals surface area contributed by atoms with Crippen LogP contribution in [0.15, 0.2) is 30.3 Å². The van der Waals surface area contributed by atoms with E-state index in [1.54, 1.807) is 19.1 Å². The van der Waals surface area contributed by atoms with Crippen LogP contribution in [0.2, 0.25) is 0 Å². The molecule has 3 N–H and O–H groups in total. The van der Waals surface area contributed by atoms with Crippen LogP contribution in [0.3, 0.4) is 0 Å². The zero-order valence-corrected chi connectivity index (χ0v) is 14.0. The molecule has 2 amide bonds. The molecule has 7 heteroatoms. The lowest BCUT2D eigenvalue weighted by Crippen LogP contribution is -2.47. The Morgan fingerprint density at radius 2 is 1.79 bits per heavy atom. The molecule has 1 heterocycles. The van der Waals surface area contributed by atoms with Crippen LogP contribution in [0, 0.1) is 0 Å². The largest absolute Gasteiger partial charge is 0.384 e. The van der Waals surface area contributed by atoms with Crippen LogP contribution >= 0.6 is 0 Å². The molecule has 1 aliphatic heterocycles. The predicted octanol–water partition coefficient (Wildman–Crippen LogP) is -0.541. The summed E-state index contributed by atoms with van der Waals surface area (Å²) in [6.07, 6.45) is 0. The number of nitrogens with one attached hydrogen (secondary N) is 2. The van der Waals surface area contributed by atoms with E-state index in [1.807, 2.05) is 18.2 Å². The molecular formula is C17H25N3O4. The van der Waals surface area contributed by atoms with Crippen molar-refractivity contribution in [1.82, 2.24) is 15.5 Å². The normalized spacial score (nSPS) is 17.8. The fourth-order valence-electron chi connectivity index (χ4n) is 2.46. The maximum Gasteiger partial charge on any atom is 0.309 e. The third-order valence-corrected chi connectivity index (χ3v) is 4.01. The first-order chi connectivity index (χ1) is 11.5. The van der Waals surface area contributed by atoms with Gasteiger partial charge in [0.2, 0.25) is 0 Å². The molecule has 1 aromatic carbocycles. The van der Waals surface area contributed by atoms with Crippen molar-refractivity contribution in [3.05, 3.63) is 35.9 Å². The first-order valence-corrected chi connectivity index (χ1v) is 8.13. The highest BCUT2D eigenvalue weighted by atomic mass is 16.5. The van der Waals surface area contributed by atoms with Gasteiger partial charge < -0.3 is 20.5 Å². The second kappa shape index (κ2) is 8.77. The van der Waals surface area contributed by atoms with Crippen molar-refractivity contribution in [2.24, 2.45) is 0 Å². The molecule has 1 unspecified atom stereocenters. The van der Waals surface area contributed by atoms with Crippen molar-refractivity contribution in [3.8, 4) is 0 Å². The van der Waals surface area contributed by atoms with Gasteiger partial charge in [-0.1, -0.05) is 30.3 Å². The van der Waals surface area contributed by atoms with E-state index in [-0.39, 0.29) is 6.54 Å². The van der Waals surface area contributed by atoms with Crippen LogP contribution in [-0.2, 0) is 19.9 Å². The zero-order chi connectivity index (χ0) is 17.4. The summed E-state index contributed by atoms with van der Waals surface area (Å²) in [7, 11) is 0. The highest BCUT2D eigenvalue weighted by Crippen LogP contribution is 2.18. The Bertz CT molecular complexity index is 542. The Morgan fingerprint density at radius 1 is 1.17 bits per heavy atom. The van der Waals surface area contributed by atoms with E-state index in [0.717, 1.165) is 13.1 Å². The monoisotopic (exact) mass is 335 g/mol. The van der Waals surface area contributed by atoms with Crippen LogP contribution in [0.4, 0.5) is 0 Å². The standard InChI is InChI=1S/C17H25N3O4/c1-17(23,14-5-3-2-4-6-14)13-19-16(22)15(21)18-7-8-20-9-11-24-12-10-20/h2-6,23H,7-13H2,1H3,(H,18,21)(H,19,22). The maximum absolute atomic E-state index is 11.8. The quantitative estimate of drug-likeness (QED) is 0.608. The molecule has 1 atom stereocenters. The van der Waals surface area contributed by atoms with E-state index >= 15 is 0 Å². The molecule has 1 aromatic rings. The van der Waals surface area contributed by atoms with E-state index in [0.29, 0.717) is 31.9 Å². The van der Waals surface area contributed by atoms with Crippen molar-refractivity contribution in [1.29, 1.82) is 0 Å². The first-order valence-electron chi connectivity index (χ1n) is 8.13. The summed E-state index contributed by atoms with van der Waals surface area (Å²) in [5, 5.41) is 15.5. The van der Waals surface area contributed by atoms with Gasteiger partial charge in [-0.3, -0.25) is 14.5 Å². The molecule has 1 aliphatic rings. The lowest BCUT2D eigenvalue weighted by molar-refractivity contribution is -0.139. The van der Waals surface area contributed by atoms with Crippen LogP contribution in [0.1, 0.15) is 12.5 Å². The fourth-order valence-corrected chi connectivity index (χ4v) is 2.46. The molecule has 0 aliphatic carbocycles. The molecule has 0 aromatic heterocycles. The van der Waals surface area contributed by atoms with Crippen LogP contribution < -0.4 is 10.6 Å². The second-order valence-corrected chi connectivity index (χ2v) is 6.03. The number of rotatable bonds is 6. The smallest absolute Gasteiger partial charge is 0.309 e. The summed E-state index contributed by atoms with van der Waals surface area (Å²) >= 11 is 0. The first kappa shape index (κ1) is 18.4. The van der Waals surface area contributed by atoms with E-state index in [2.05, 4.69) is 15.5 Å². The van der Waals surface area contributed by atoms with Crippen molar-refractivity contribution < 1.29 is 19.4 Å². The third kappa shape index (κ3) is 5.59. The van der Waals surface area contributed by atoms with Gasteiger partial charge in [-0.05, 0) is 12.5 Å². The highest BCUT2D eigenvalue weighted by molar-refractivity contribution is 6.35. The Labute approximate surface area is 142 Å². The summed E-state index contributed by atoms with van der Waals surface area (Å²) in [5.41, 5.74) is -0.552. The van der Waals surface area contributed by atoms with Crippen LogP contribution in [-0.4, -0.2) is 67.8 Å². The summed E-state index contributed by atoms with van der Waals surface area (Å²) in [4.78, 5) is 25.8. The average Bonchev–Trinajstić information content (AvgIpc) is 2.61. The maximum atomic E-state index is 11.8. The zero-order valence-electron chi connectivity index (χ0n) is 14.0. The van der Waals surface area contributed by atoms with E-state index in [9.17, 15) is 14.7 Å². The van der Waals surface area contributed by atoms with Crippen LogP contribution in [0.5, 0.6) is 0 Å². The molecule has 0 saturated carbocycles. The number of ether oxygens (including phenoxy) is 1. The number of carbonyl (C=O) groups is 2. The lowest BCUT2D eigenvalue weighted by Gasteiger charge is -2.26. The number of morpholine rings is 1. The van der Waals surface area contributed by atoms with Crippen molar-refractivity contribution >= 4 is 11.8 Å². The van der Waals surface area contributed by atoms with Gasteiger partial charge in [-0.2, -0.15) is 0 Å². The van der Waals surface area contributed by atoms with E-state index in [1.165, 1.54) is 0 Å². The van der Waals surface area contributed by atoms with Crippen molar-refractivity contribution in [2.45, 2.75) is 12.5 Å². The number of benzene rings is 1. The molecule has 1 saturated heterocycles. The number of amides is 2. The van der Waals surface area contributed by atoms with Gasteiger partial charge in [-0.25, -0.2) is 0 Å². The number of hydrogen-bond donors (Lipinski definition) is 3. The van der Waals surface area contributed by atoms with Gasteiger partial charge in [0, 0.05) is 26.2 Å². The molecule has 0 spiro atoms.